The minimum Gasteiger partial charge on any atom is -0.407 e. The molecular weight excluding hydrogens is 238 g/mol. The summed E-state index contributed by atoms with van der Waals surface area (Å²) in [7, 11) is 3.24. The molecule has 1 aliphatic rings. The van der Waals surface area contributed by atoms with Gasteiger partial charge in [0.25, 0.3) is 5.91 Å². The lowest BCUT2D eigenvalue weighted by molar-refractivity contribution is -0.146. The second kappa shape index (κ2) is 5.13. The van der Waals surface area contributed by atoms with Crippen molar-refractivity contribution >= 4 is 17.8 Å². The first-order chi connectivity index (χ1) is 8.61. The predicted molar refractivity (Wildman–Crippen MR) is 61.5 cm³/mol. The van der Waals surface area contributed by atoms with Crippen molar-refractivity contribution in [3.63, 3.8) is 0 Å². The summed E-state index contributed by atoms with van der Waals surface area (Å²) in [6, 6.07) is -0.295. The molecule has 0 aromatic carbocycles. The lowest BCUT2D eigenvalue weighted by atomic mass is 10.1. The molecule has 1 unspecified atom stereocenters. The highest BCUT2D eigenvalue weighted by molar-refractivity contribution is 6.01. The molecule has 2 heterocycles. The van der Waals surface area contributed by atoms with Crippen molar-refractivity contribution in [1.29, 1.82) is 0 Å². The van der Waals surface area contributed by atoms with Gasteiger partial charge in [0.15, 0.2) is 0 Å². The smallest absolute Gasteiger partial charge is 0.316 e. The number of anilines is 1. The molecule has 1 atom stereocenters. The molecule has 0 aliphatic carbocycles. The fourth-order valence-electron chi connectivity index (χ4n) is 1.73. The number of rotatable bonds is 4. The molecule has 0 saturated carbocycles. The minimum absolute atomic E-state index is 0.167. The van der Waals surface area contributed by atoms with Crippen LogP contribution < -0.4 is 10.6 Å². The van der Waals surface area contributed by atoms with Gasteiger partial charge in [-0.15, -0.1) is 5.10 Å². The zero-order valence-corrected chi connectivity index (χ0v) is 10.3. The first kappa shape index (κ1) is 12.5. The monoisotopic (exact) mass is 253 g/mol. The van der Waals surface area contributed by atoms with Gasteiger partial charge >= 0.3 is 6.01 Å². The average Bonchev–Trinajstić information content (AvgIpc) is 2.78. The maximum Gasteiger partial charge on any atom is 0.316 e. The van der Waals surface area contributed by atoms with E-state index in [1.807, 2.05) is 0 Å². The molecule has 18 heavy (non-hydrogen) atoms. The van der Waals surface area contributed by atoms with Crippen molar-refractivity contribution in [1.82, 2.24) is 20.4 Å². The van der Waals surface area contributed by atoms with Gasteiger partial charge in [0.2, 0.25) is 11.8 Å². The molecule has 8 heteroatoms. The van der Waals surface area contributed by atoms with E-state index in [4.69, 9.17) is 4.42 Å². The van der Waals surface area contributed by atoms with Gasteiger partial charge in [-0.25, -0.2) is 0 Å². The van der Waals surface area contributed by atoms with Crippen molar-refractivity contribution in [2.24, 2.45) is 0 Å². The van der Waals surface area contributed by atoms with Crippen LogP contribution in [-0.2, 0) is 16.1 Å². The summed E-state index contributed by atoms with van der Waals surface area (Å²) < 4.78 is 5.29. The van der Waals surface area contributed by atoms with Crippen LogP contribution in [0, 0.1) is 0 Å². The van der Waals surface area contributed by atoms with E-state index in [9.17, 15) is 9.59 Å². The maximum atomic E-state index is 11.8. The number of likely N-dealkylation sites (N-methyl/N-ethyl adjacent to an activating group) is 1. The fraction of sp³-hybridized carbons (Fsp3) is 0.600. The molecule has 1 fully saturated rings. The van der Waals surface area contributed by atoms with Gasteiger partial charge in [-0.1, -0.05) is 5.10 Å². The summed E-state index contributed by atoms with van der Waals surface area (Å²) in [6.07, 6.45) is 0.767. The zero-order valence-electron chi connectivity index (χ0n) is 10.3. The fourth-order valence-corrected chi connectivity index (χ4v) is 1.73. The predicted octanol–water partition coefficient (Wildman–Crippen LogP) is -0.652. The first-order valence-corrected chi connectivity index (χ1v) is 5.65. The lowest BCUT2D eigenvalue weighted by Crippen LogP contribution is -2.48. The normalized spacial score (nSPS) is 20.3. The highest BCUT2D eigenvalue weighted by Crippen LogP contribution is 2.16. The van der Waals surface area contributed by atoms with Crippen LogP contribution in [0.4, 0.5) is 6.01 Å². The molecular formula is C10H15N5O3. The Balaban J connectivity index is 2.00. The van der Waals surface area contributed by atoms with Gasteiger partial charge in [-0.2, -0.15) is 0 Å². The van der Waals surface area contributed by atoms with Crippen molar-refractivity contribution in [2.45, 2.75) is 25.4 Å². The Bertz CT molecular complexity index is 458. The number of imide groups is 1. The van der Waals surface area contributed by atoms with Gasteiger partial charge < -0.3 is 15.1 Å². The van der Waals surface area contributed by atoms with E-state index in [0.717, 1.165) is 4.90 Å². The Kier molecular flexibility index (Phi) is 3.56. The molecule has 2 N–H and O–H groups in total. The SMILES string of the molecule is CNCc1nnc(NC2CCC(=O)N(C)C2=O)o1. The van der Waals surface area contributed by atoms with E-state index in [1.165, 1.54) is 7.05 Å². The Labute approximate surface area is 104 Å². The Hall–Kier alpha value is -1.96. The number of nitrogens with zero attached hydrogens (tertiary/aromatic N) is 3. The summed E-state index contributed by atoms with van der Waals surface area (Å²) in [4.78, 5) is 24.2. The molecule has 0 spiro atoms. The topological polar surface area (TPSA) is 100 Å². The van der Waals surface area contributed by atoms with E-state index >= 15 is 0 Å². The van der Waals surface area contributed by atoms with Crippen molar-refractivity contribution < 1.29 is 14.0 Å². The van der Waals surface area contributed by atoms with E-state index in [1.54, 1.807) is 7.05 Å². The number of likely N-dealkylation sites (tertiary alicyclic amines) is 1. The summed E-state index contributed by atoms with van der Waals surface area (Å²) in [5, 5.41) is 13.3. The van der Waals surface area contributed by atoms with E-state index < -0.39 is 6.04 Å². The number of nitrogens with one attached hydrogen (secondary N) is 2. The summed E-state index contributed by atoms with van der Waals surface area (Å²) in [5.74, 6) is -0.00763. The van der Waals surface area contributed by atoms with Crippen LogP contribution in [0.25, 0.3) is 0 Å². The number of carbonyl (C=O) groups is 2. The summed E-state index contributed by atoms with van der Waals surface area (Å²) >= 11 is 0. The third-order valence-corrected chi connectivity index (χ3v) is 2.74. The van der Waals surface area contributed by atoms with E-state index in [0.29, 0.717) is 25.3 Å². The number of carbonyl (C=O) groups excluding carboxylic acids is 2. The second-order valence-corrected chi connectivity index (χ2v) is 4.06. The third-order valence-electron chi connectivity index (χ3n) is 2.74. The Morgan fingerprint density at radius 3 is 2.94 bits per heavy atom. The number of hydrogen-bond acceptors (Lipinski definition) is 7. The second-order valence-electron chi connectivity index (χ2n) is 4.06. The Morgan fingerprint density at radius 1 is 1.44 bits per heavy atom. The molecule has 1 aromatic heterocycles. The van der Waals surface area contributed by atoms with Gasteiger partial charge in [-0.05, 0) is 13.5 Å². The molecule has 0 bridgehead atoms. The molecule has 0 radical (unpaired) electrons. The lowest BCUT2D eigenvalue weighted by Gasteiger charge is -2.27. The number of hydrogen-bond donors (Lipinski definition) is 2. The molecule has 2 rings (SSSR count). The number of aromatic nitrogens is 2. The first-order valence-electron chi connectivity index (χ1n) is 5.65. The molecule has 98 valence electrons. The van der Waals surface area contributed by atoms with Crippen LogP contribution in [-0.4, -0.2) is 47.0 Å². The molecule has 1 aromatic rings. The standard InChI is InChI=1S/C10H15N5O3/c1-11-5-7-13-14-10(18-7)12-6-3-4-8(16)15(2)9(6)17/h6,11H,3-5H2,1-2H3,(H,12,14). The zero-order chi connectivity index (χ0) is 13.1. The van der Waals surface area contributed by atoms with Gasteiger partial charge in [0.05, 0.1) is 6.54 Å². The van der Waals surface area contributed by atoms with Gasteiger partial charge in [-0.3, -0.25) is 14.5 Å². The molecule has 2 amide bonds. The van der Waals surface area contributed by atoms with Crippen molar-refractivity contribution in [3.8, 4) is 0 Å². The van der Waals surface area contributed by atoms with Gasteiger partial charge in [0.1, 0.15) is 6.04 Å². The van der Waals surface area contributed by atoms with Crippen LogP contribution in [0.2, 0.25) is 0 Å². The van der Waals surface area contributed by atoms with E-state index in [2.05, 4.69) is 20.8 Å². The highest BCUT2D eigenvalue weighted by Gasteiger charge is 2.32. The number of piperidine rings is 1. The summed E-state index contributed by atoms with van der Waals surface area (Å²) in [5.41, 5.74) is 0. The molecule has 1 saturated heterocycles. The van der Waals surface area contributed by atoms with Crippen LogP contribution in [0.3, 0.4) is 0 Å². The highest BCUT2D eigenvalue weighted by atomic mass is 16.4. The minimum atomic E-state index is -0.490. The molecule has 1 aliphatic heterocycles. The van der Waals surface area contributed by atoms with Crippen molar-refractivity contribution in [3.05, 3.63) is 5.89 Å². The summed E-state index contributed by atoms with van der Waals surface area (Å²) in [6.45, 7) is 0.464. The Morgan fingerprint density at radius 2 is 2.22 bits per heavy atom. The third kappa shape index (κ3) is 2.48. The van der Waals surface area contributed by atoms with E-state index in [-0.39, 0.29) is 17.8 Å². The van der Waals surface area contributed by atoms with Crippen LogP contribution in [0.5, 0.6) is 0 Å². The number of amides is 2. The van der Waals surface area contributed by atoms with Gasteiger partial charge in [0, 0.05) is 13.5 Å². The quantitative estimate of drug-likeness (QED) is 0.687. The van der Waals surface area contributed by atoms with Crippen LogP contribution >= 0.6 is 0 Å². The van der Waals surface area contributed by atoms with Crippen LogP contribution in [0.15, 0.2) is 4.42 Å². The van der Waals surface area contributed by atoms with Crippen molar-refractivity contribution in [2.75, 3.05) is 19.4 Å². The maximum absolute atomic E-state index is 11.8. The van der Waals surface area contributed by atoms with Crippen LogP contribution in [0.1, 0.15) is 18.7 Å². The molecule has 8 nitrogen and oxygen atoms in total. The largest absolute Gasteiger partial charge is 0.407 e. The average molecular weight is 253 g/mol.